The molecule has 0 radical (unpaired) electrons. The molecule has 0 atom stereocenters. The molecule has 4 N–H and O–H groups in total. The van der Waals surface area contributed by atoms with Gasteiger partial charge in [-0.1, -0.05) is 0 Å². The molecule has 0 spiro atoms. The molecule has 0 saturated carbocycles. The summed E-state index contributed by atoms with van der Waals surface area (Å²) in [5.41, 5.74) is 1.97. The summed E-state index contributed by atoms with van der Waals surface area (Å²) in [6.07, 6.45) is 2.61. The van der Waals surface area contributed by atoms with Crippen LogP contribution in [0.1, 0.15) is 19.4 Å². The SMILES string of the molecule is CCNC(=NCCc1c[nH]c2ccc(F)cc12)NCCNC(C)=O.I. The molecule has 8 heteroatoms. The second-order valence-corrected chi connectivity index (χ2v) is 5.42. The first-order chi connectivity index (χ1) is 11.6. The lowest BCUT2D eigenvalue weighted by molar-refractivity contribution is -0.118. The Bertz CT molecular complexity index is 716. The number of hydrogen-bond donors (Lipinski definition) is 4. The van der Waals surface area contributed by atoms with Crippen molar-refractivity contribution in [3.63, 3.8) is 0 Å². The van der Waals surface area contributed by atoms with Crippen LogP contribution in [0.5, 0.6) is 0 Å². The Kier molecular flexibility index (Phi) is 9.25. The van der Waals surface area contributed by atoms with Crippen LogP contribution in [-0.2, 0) is 11.2 Å². The molecule has 25 heavy (non-hydrogen) atoms. The van der Waals surface area contributed by atoms with Gasteiger partial charge in [0.05, 0.1) is 0 Å². The number of benzene rings is 1. The molecule has 1 aromatic heterocycles. The van der Waals surface area contributed by atoms with Gasteiger partial charge in [0.2, 0.25) is 5.91 Å². The number of halogens is 2. The standard InChI is InChI=1S/C17H24FN5O.HI/c1-3-19-17(22-9-8-20-12(2)24)21-7-6-13-11-23-16-5-4-14(18)10-15(13)16;/h4-5,10-11,23H,3,6-9H2,1-2H3,(H,20,24)(H2,19,21,22);1H. The molecule has 0 aliphatic carbocycles. The first-order valence-electron chi connectivity index (χ1n) is 8.12. The van der Waals surface area contributed by atoms with Crippen molar-refractivity contribution in [2.45, 2.75) is 20.3 Å². The third kappa shape index (κ3) is 6.89. The third-order valence-corrected chi connectivity index (χ3v) is 3.52. The number of rotatable bonds is 7. The van der Waals surface area contributed by atoms with Crippen LogP contribution < -0.4 is 16.0 Å². The molecule has 0 aliphatic rings. The molecule has 0 bridgehead atoms. The Balaban J connectivity index is 0.00000312. The maximum Gasteiger partial charge on any atom is 0.216 e. The molecule has 1 heterocycles. The molecule has 0 fully saturated rings. The fourth-order valence-corrected chi connectivity index (χ4v) is 2.41. The first-order valence-corrected chi connectivity index (χ1v) is 8.12. The number of aliphatic imine (C=N–C) groups is 1. The van der Waals surface area contributed by atoms with Gasteiger partial charge in [-0.15, -0.1) is 24.0 Å². The number of fused-ring (bicyclic) bond motifs is 1. The summed E-state index contributed by atoms with van der Waals surface area (Å²) in [5.74, 6) is 0.416. The van der Waals surface area contributed by atoms with Crippen LogP contribution in [0.15, 0.2) is 29.4 Å². The average molecular weight is 461 g/mol. The van der Waals surface area contributed by atoms with E-state index in [0.29, 0.717) is 32.0 Å². The Morgan fingerprint density at radius 2 is 2.00 bits per heavy atom. The second-order valence-electron chi connectivity index (χ2n) is 5.42. The molecular formula is C17H25FIN5O. The van der Waals surface area contributed by atoms with Crippen LogP contribution in [0, 0.1) is 5.82 Å². The summed E-state index contributed by atoms with van der Waals surface area (Å²) < 4.78 is 13.4. The number of aromatic nitrogens is 1. The number of nitrogens with zero attached hydrogens (tertiary/aromatic N) is 1. The minimum absolute atomic E-state index is 0. The van der Waals surface area contributed by atoms with Crippen molar-refractivity contribution in [3.8, 4) is 0 Å². The zero-order chi connectivity index (χ0) is 17.4. The molecule has 6 nitrogen and oxygen atoms in total. The lowest BCUT2D eigenvalue weighted by Crippen LogP contribution is -2.41. The fraction of sp³-hybridized carbons (Fsp3) is 0.412. The van der Waals surface area contributed by atoms with Crippen LogP contribution in [0.25, 0.3) is 10.9 Å². The number of carbonyl (C=O) groups is 1. The molecule has 2 aromatic rings. The number of amides is 1. The number of aromatic amines is 1. The molecule has 1 aromatic carbocycles. The van der Waals surface area contributed by atoms with Gasteiger partial charge in [-0.3, -0.25) is 9.79 Å². The number of carbonyl (C=O) groups excluding carboxylic acids is 1. The Hall–Kier alpha value is -1.84. The van der Waals surface area contributed by atoms with Crippen LogP contribution >= 0.6 is 24.0 Å². The van der Waals surface area contributed by atoms with Crippen LogP contribution in [0.2, 0.25) is 0 Å². The quantitative estimate of drug-likeness (QED) is 0.221. The summed E-state index contributed by atoms with van der Waals surface area (Å²) >= 11 is 0. The van der Waals surface area contributed by atoms with Gasteiger partial charge >= 0.3 is 0 Å². The number of H-pyrrole nitrogens is 1. The van der Waals surface area contributed by atoms with Crippen LogP contribution in [-0.4, -0.2) is 43.0 Å². The Morgan fingerprint density at radius 3 is 2.72 bits per heavy atom. The van der Waals surface area contributed by atoms with Gasteiger partial charge in [0, 0.05) is 50.2 Å². The monoisotopic (exact) mass is 461 g/mol. The van der Waals surface area contributed by atoms with Crippen molar-refractivity contribution in [3.05, 3.63) is 35.8 Å². The van der Waals surface area contributed by atoms with Crippen LogP contribution in [0.3, 0.4) is 0 Å². The van der Waals surface area contributed by atoms with E-state index in [-0.39, 0.29) is 35.7 Å². The molecule has 2 rings (SSSR count). The van der Waals surface area contributed by atoms with E-state index in [2.05, 4.69) is 25.9 Å². The van der Waals surface area contributed by atoms with E-state index in [1.807, 2.05) is 13.1 Å². The van der Waals surface area contributed by atoms with E-state index in [4.69, 9.17) is 0 Å². The predicted octanol–water partition coefficient (Wildman–Crippen LogP) is 2.16. The lowest BCUT2D eigenvalue weighted by Gasteiger charge is -2.11. The molecule has 0 unspecified atom stereocenters. The van der Waals surface area contributed by atoms with E-state index >= 15 is 0 Å². The highest BCUT2D eigenvalue weighted by Gasteiger charge is 2.05. The summed E-state index contributed by atoms with van der Waals surface area (Å²) in [6, 6.07) is 4.73. The van der Waals surface area contributed by atoms with E-state index in [0.717, 1.165) is 23.0 Å². The summed E-state index contributed by atoms with van der Waals surface area (Å²) in [7, 11) is 0. The van der Waals surface area contributed by atoms with E-state index < -0.39 is 0 Å². The molecule has 1 amide bonds. The van der Waals surface area contributed by atoms with Gasteiger partial charge in [-0.2, -0.15) is 0 Å². The fourth-order valence-electron chi connectivity index (χ4n) is 2.41. The minimum Gasteiger partial charge on any atom is -0.361 e. The van der Waals surface area contributed by atoms with E-state index in [9.17, 15) is 9.18 Å². The molecule has 0 aliphatic heterocycles. The van der Waals surface area contributed by atoms with Crippen molar-refractivity contribution in [2.75, 3.05) is 26.2 Å². The van der Waals surface area contributed by atoms with Gasteiger partial charge in [0.15, 0.2) is 5.96 Å². The van der Waals surface area contributed by atoms with Gasteiger partial charge in [0.1, 0.15) is 5.82 Å². The zero-order valence-electron chi connectivity index (χ0n) is 14.5. The highest BCUT2D eigenvalue weighted by molar-refractivity contribution is 14.0. The number of nitrogens with one attached hydrogen (secondary N) is 4. The normalized spacial score (nSPS) is 11.1. The first kappa shape index (κ1) is 21.2. The highest BCUT2D eigenvalue weighted by atomic mass is 127. The number of guanidine groups is 1. The Morgan fingerprint density at radius 1 is 1.24 bits per heavy atom. The largest absolute Gasteiger partial charge is 0.361 e. The third-order valence-electron chi connectivity index (χ3n) is 3.52. The lowest BCUT2D eigenvalue weighted by atomic mass is 10.1. The highest BCUT2D eigenvalue weighted by Crippen LogP contribution is 2.19. The van der Waals surface area contributed by atoms with Crippen molar-refractivity contribution >= 4 is 46.7 Å². The predicted molar refractivity (Wildman–Crippen MR) is 110 cm³/mol. The van der Waals surface area contributed by atoms with E-state index in [1.54, 1.807) is 12.1 Å². The summed E-state index contributed by atoms with van der Waals surface area (Å²) in [4.78, 5) is 18.5. The van der Waals surface area contributed by atoms with Crippen molar-refractivity contribution < 1.29 is 9.18 Å². The van der Waals surface area contributed by atoms with Gasteiger partial charge in [-0.05, 0) is 37.1 Å². The second kappa shape index (κ2) is 10.9. The van der Waals surface area contributed by atoms with Gasteiger partial charge in [0.25, 0.3) is 0 Å². The van der Waals surface area contributed by atoms with Gasteiger partial charge in [-0.25, -0.2) is 4.39 Å². The Labute approximate surface area is 164 Å². The topological polar surface area (TPSA) is 81.3 Å². The smallest absolute Gasteiger partial charge is 0.216 e. The van der Waals surface area contributed by atoms with E-state index in [1.165, 1.54) is 13.0 Å². The summed E-state index contributed by atoms with van der Waals surface area (Å²) in [6.45, 7) is 5.96. The maximum absolute atomic E-state index is 13.4. The average Bonchev–Trinajstić information content (AvgIpc) is 2.93. The van der Waals surface area contributed by atoms with Crippen molar-refractivity contribution in [1.29, 1.82) is 0 Å². The number of hydrogen-bond acceptors (Lipinski definition) is 2. The van der Waals surface area contributed by atoms with Crippen molar-refractivity contribution in [2.24, 2.45) is 4.99 Å². The molecule has 138 valence electrons. The maximum atomic E-state index is 13.4. The summed E-state index contributed by atoms with van der Waals surface area (Å²) in [5, 5.41) is 9.93. The molecular weight excluding hydrogens is 436 g/mol. The molecule has 0 saturated heterocycles. The minimum atomic E-state index is -0.236. The zero-order valence-corrected chi connectivity index (χ0v) is 16.8. The van der Waals surface area contributed by atoms with Crippen molar-refractivity contribution in [1.82, 2.24) is 20.9 Å². The van der Waals surface area contributed by atoms with Gasteiger partial charge < -0.3 is 20.9 Å². The van der Waals surface area contributed by atoms with Crippen LogP contribution in [0.4, 0.5) is 4.39 Å².